The molecule has 0 unspecified atom stereocenters. The third-order valence-electron chi connectivity index (χ3n) is 2.45. The van der Waals surface area contributed by atoms with E-state index in [0.29, 0.717) is 6.42 Å². The van der Waals surface area contributed by atoms with E-state index in [4.69, 9.17) is 10.8 Å². The monoisotopic (exact) mass is 276 g/mol. The van der Waals surface area contributed by atoms with Crippen LogP contribution in [0.3, 0.4) is 0 Å². The van der Waals surface area contributed by atoms with E-state index in [1.807, 2.05) is 6.92 Å². The van der Waals surface area contributed by atoms with Gasteiger partial charge in [0.15, 0.2) is 0 Å². The molecule has 0 bridgehead atoms. The summed E-state index contributed by atoms with van der Waals surface area (Å²) in [6.07, 6.45) is 0.592. The highest BCUT2D eigenvalue weighted by Crippen LogP contribution is 2.24. The number of para-hydroxylation sites is 1. The molecule has 0 radical (unpaired) electrons. The zero-order valence-electron chi connectivity index (χ0n) is 10.1. The van der Waals surface area contributed by atoms with Gasteiger partial charge in [-0.3, -0.25) is 0 Å². The molecular formula is C11H17FN2O3S. The number of aliphatic hydroxyl groups excluding tert-OH is 1. The lowest BCUT2D eigenvalue weighted by Gasteiger charge is -2.21. The predicted octanol–water partition coefficient (Wildman–Crippen LogP) is 0.801. The Labute approximate surface area is 106 Å². The number of halogens is 1. The Balaban J connectivity index is 3.22. The fourth-order valence-electron chi connectivity index (χ4n) is 1.59. The third kappa shape index (κ3) is 2.98. The van der Waals surface area contributed by atoms with Crippen LogP contribution in [-0.2, 0) is 10.0 Å². The van der Waals surface area contributed by atoms with Crippen LogP contribution in [0.5, 0.6) is 0 Å². The Morgan fingerprint density at radius 3 is 2.61 bits per heavy atom. The molecule has 0 atom stereocenters. The number of nitrogens with zero attached hydrogens (tertiary/aromatic N) is 1. The van der Waals surface area contributed by atoms with Crippen molar-refractivity contribution >= 4 is 15.7 Å². The van der Waals surface area contributed by atoms with Crippen LogP contribution in [0.15, 0.2) is 23.1 Å². The largest absolute Gasteiger partial charge is 0.395 e. The molecule has 0 aliphatic rings. The second-order valence-electron chi connectivity index (χ2n) is 3.78. The van der Waals surface area contributed by atoms with Crippen molar-refractivity contribution < 1.29 is 17.9 Å². The summed E-state index contributed by atoms with van der Waals surface area (Å²) in [5.74, 6) is -0.767. The number of hydrogen-bond donors (Lipinski definition) is 2. The van der Waals surface area contributed by atoms with Crippen LogP contribution in [0.25, 0.3) is 0 Å². The smallest absolute Gasteiger partial charge is 0.245 e. The average Bonchev–Trinajstić information content (AvgIpc) is 2.32. The van der Waals surface area contributed by atoms with Crippen molar-refractivity contribution in [3.63, 3.8) is 0 Å². The van der Waals surface area contributed by atoms with Gasteiger partial charge in [-0.1, -0.05) is 13.0 Å². The van der Waals surface area contributed by atoms with Crippen LogP contribution in [0.1, 0.15) is 13.3 Å². The number of aliphatic hydroxyl groups is 1. The quantitative estimate of drug-likeness (QED) is 0.753. The minimum absolute atomic E-state index is 0.0356. The molecule has 0 saturated carbocycles. The summed E-state index contributed by atoms with van der Waals surface area (Å²) in [5, 5.41) is 8.89. The summed E-state index contributed by atoms with van der Waals surface area (Å²) in [7, 11) is -3.87. The molecule has 1 aromatic carbocycles. The van der Waals surface area contributed by atoms with Crippen molar-refractivity contribution in [3.8, 4) is 0 Å². The second kappa shape index (κ2) is 6.12. The Hall–Kier alpha value is -1.18. The lowest BCUT2D eigenvalue weighted by Crippen LogP contribution is -2.34. The van der Waals surface area contributed by atoms with Gasteiger partial charge in [0.05, 0.1) is 12.3 Å². The van der Waals surface area contributed by atoms with E-state index in [-0.39, 0.29) is 24.6 Å². The Kier molecular flexibility index (Phi) is 5.06. The summed E-state index contributed by atoms with van der Waals surface area (Å²) < 4.78 is 38.9. The van der Waals surface area contributed by atoms with Gasteiger partial charge >= 0.3 is 0 Å². The zero-order valence-corrected chi connectivity index (χ0v) is 11.0. The molecule has 5 nitrogen and oxygen atoms in total. The van der Waals surface area contributed by atoms with E-state index in [2.05, 4.69) is 0 Å². The molecule has 0 aromatic heterocycles. The van der Waals surface area contributed by atoms with Crippen LogP contribution in [-0.4, -0.2) is 37.5 Å². The molecule has 102 valence electrons. The first-order valence-electron chi connectivity index (χ1n) is 5.60. The van der Waals surface area contributed by atoms with Gasteiger partial charge < -0.3 is 10.8 Å². The molecule has 0 spiro atoms. The number of nitrogens with two attached hydrogens (primary N) is 1. The Bertz CT molecular complexity index is 499. The van der Waals surface area contributed by atoms with Crippen LogP contribution in [0.2, 0.25) is 0 Å². The van der Waals surface area contributed by atoms with Gasteiger partial charge in [0.2, 0.25) is 10.0 Å². The van der Waals surface area contributed by atoms with Crippen molar-refractivity contribution in [2.75, 3.05) is 25.4 Å². The number of hydrogen-bond acceptors (Lipinski definition) is 4. The topological polar surface area (TPSA) is 83.6 Å². The molecule has 0 saturated heterocycles. The maximum absolute atomic E-state index is 13.3. The van der Waals surface area contributed by atoms with E-state index in [9.17, 15) is 12.8 Å². The molecule has 0 aliphatic heterocycles. The highest BCUT2D eigenvalue weighted by molar-refractivity contribution is 7.89. The lowest BCUT2D eigenvalue weighted by molar-refractivity contribution is 0.253. The molecule has 0 fully saturated rings. The Morgan fingerprint density at radius 1 is 1.39 bits per heavy atom. The van der Waals surface area contributed by atoms with Gasteiger partial charge in [-0.2, -0.15) is 4.31 Å². The van der Waals surface area contributed by atoms with Crippen molar-refractivity contribution in [1.29, 1.82) is 0 Å². The van der Waals surface area contributed by atoms with Crippen molar-refractivity contribution in [2.45, 2.75) is 18.2 Å². The molecule has 7 heteroatoms. The highest BCUT2D eigenvalue weighted by Gasteiger charge is 2.26. The average molecular weight is 276 g/mol. The first kappa shape index (κ1) is 14.9. The predicted molar refractivity (Wildman–Crippen MR) is 66.9 cm³/mol. The van der Waals surface area contributed by atoms with Gasteiger partial charge in [0.25, 0.3) is 0 Å². The third-order valence-corrected chi connectivity index (χ3v) is 4.41. The maximum Gasteiger partial charge on any atom is 0.245 e. The Morgan fingerprint density at radius 2 is 2.06 bits per heavy atom. The van der Waals surface area contributed by atoms with E-state index >= 15 is 0 Å². The number of sulfonamides is 1. The SMILES string of the molecule is CCCN(CCO)S(=O)(=O)c1cccc(F)c1N. The molecule has 0 aliphatic carbocycles. The van der Waals surface area contributed by atoms with Crippen LogP contribution in [0.4, 0.5) is 10.1 Å². The molecule has 0 amide bonds. The van der Waals surface area contributed by atoms with Crippen molar-refractivity contribution in [2.24, 2.45) is 0 Å². The normalized spacial score (nSPS) is 12.0. The first-order chi connectivity index (χ1) is 8.45. The van der Waals surface area contributed by atoms with Gasteiger partial charge in [0.1, 0.15) is 10.7 Å². The first-order valence-corrected chi connectivity index (χ1v) is 7.04. The number of anilines is 1. The molecule has 18 heavy (non-hydrogen) atoms. The highest BCUT2D eigenvalue weighted by atomic mass is 32.2. The van der Waals surface area contributed by atoms with Crippen molar-refractivity contribution in [3.05, 3.63) is 24.0 Å². The molecular weight excluding hydrogens is 259 g/mol. The second-order valence-corrected chi connectivity index (χ2v) is 5.69. The van der Waals surface area contributed by atoms with Crippen LogP contribution < -0.4 is 5.73 Å². The molecule has 1 rings (SSSR count). The number of nitrogen functional groups attached to an aromatic ring is 1. The fourth-order valence-corrected chi connectivity index (χ4v) is 3.24. The molecule has 1 aromatic rings. The summed E-state index contributed by atoms with van der Waals surface area (Å²) in [5.41, 5.74) is 5.06. The summed E-state index contributed by atoms with van der Waals surface area (Å²) in [6.45, 7) is 1.73. The van der Waals surface area contributed by atoms with Gasteiger partial charge in [-0.25, -0.2) is 12.8 Å². The van der Waals surface area contributed by atoms with Crippen molar-refractivity contribution in [1.82, 2.24) is 4.31 Å². The van der Waals surface area contributed by atoms with E-state index in [1.165, 1.54) is 12.1 Å². The number of rotatable bonds is 6. The van der Waals surface area contributed by atoms with Crippen LogP contribution in [0, 0.1) is 5.82 Å². The minimum atomic E-state index is -3.87. The van der Waals surface area contributed by atoms with Gasteiger partial charge in [0, 0.05) is 13.1 Å². The zero-order chi connectivity index (χ0) is 13.8. The summed E-state index contributed by atoms with van der Waals surface area (Å²) in [6, 6.07) is 3.65. The molecule has 0 heterocycles. The van der Waals surface area contributed by atoms with Gasteiger partial charge in [-0.05, 0) is 18.6 Å². The molecule has 3 N–H and O–H groups in total. The number of benzene rings is 1. The van der Waals surface area contributed by atoms with E-state index < -0.39 is 21.5 Å². The standard InChI is InChI=1S/C11H17FN2O3S/c1-2-6-14(7-8-15)18(16,17)10-5-3-4-9(12)11(10)13/h3-5,15H,2,6-8,13H2,1H3. The summed E-state index contributed by atoms with van der Waals surface area (Å²) in [4.78, 5) is -0.260. The lowest BCUT2D eigenvalue weighted by atomic mass is 10.3. The summed E-state index contributed by atoms with van der Waals surface area (Å²) >= 11 is 0. The van der Waals surface area contributed by atoms with Crippen LogP contribution >= 0.6 is 0 Å². The van der Waals surface area contributed by atoms with E-state index in [0.717, 1.165) is 10.4 Å². The van der Waals surface area contributed by atoms with E-state index in [1.54, 1.807) is 0 Å². The fraction of sp³-hybridized carbons (Fsp3) is 0.455. The van der Waals surface area contributed by atoms with Gasteiger partial charge in [-0.15, -0.1) is 0 Å². The minimum Gasteiger partial charge on any atom is -0.395 e. The maximum atomic E-state index is 13.3.